The smallest absolute Gasteiger partial charge is 0.233 e. The second-order valence-electron chi connectivity index (χ2n) is 6.49. The standard InChI is InChI=1S/C17H24N2O3/c1-3-18(4-2)13(20)9-10-19-16(21)14-11-5-6-12(8-7-11)15(14)17(19)22/h5-6,11-12,14-15H,3-4,7-10H2,1-2H3. The highest BCUT2D eigenvalue weighted by molar-refractivity contribution is 6.06. The molecule has 0 radical (unpaired) electrons. The van der Waals surface area contributed by atoms with Gasteiger partial charge in [-0.1, -0.05) is 12.2 Å². The first-order chi connectivity index (χ1) is 10.6. The number of allylic oxidation sites excluding steroid dienone is 2. The quantitative estimate of drug-likeness (QED) is 0.570. The lowest BCUT2D eigenvalue weighted by Gasteiger charge is -2.38. The molecule has 3 aliphatic carbocycles. The largest absolute Gasteiger partial charge is 0.343 e. The second-order valence-corrected chi connectivity index (χ2v) is 6.49. The number of hydrogen-bond donors (Lipinski definition) is 0. The van der Waals surface area contributed by atoms with Crippen LogP contribution in [0.4, 0.5) is 0 Å². The maximum absolute atomic E-state index is 12.6. The van der Waals surface area contributed by atoms with Crippen molar-refractivity contribution in [2.45, 2.75) is 33.1 Å². The van der Waals surface area contributed by atoms with Crippen LogP contribution in [0, 0.1) is 23.7 Å². The molecule has 4 unspecified atom stereocenters. The fourth-order valence-electron chi connectivity index (χ4n) is 4.30. The molecule has 0 N–H and O–H groups in total. The molecule has 4 rings (SSSR count). The third-order valence-electron chi connectivity index (χ3n) is 5.52. The van der Waals surface area contributed by atoms with Gasteiger partial charge in [0.15, 0.2) is 0 Å². The maximum atomic E-state index is 12.6. The number of rotatable bonds is 5. The zero-order valence-electron chi connectivity index (χ0n) is 13.3. The van der Waals surface area contributed by atoms with E-state index >= 15 is 0 Å². The number of likely N-dealkylation sites (tertiary alicyclic amines) is 1. The van der Waals surface area contributed by atoms with Crippen LogP contribution >= 0.6 is 0 Å². The van der Waals surface area contributed by atoms with E-state index in [2.05, 4.69) is 12.2 Å². The fraction of sp³-hybridized carbons (Fsp3) is 0.706. The van der Waals surface area contributed by atoms with Crippen molar-refractivity contribution in [3.8, 4) is 0 Å². The van der Waals surface area contributed by atoms with Crippen LogP contribution in [-0.4, -0.2) is 47.2 Å². The highest BCUT2D eigenvalue weighted by Crippen LogP contribution is 2.49. The summed E-state index contributed by atoms with van der Waals surface area (Å²) < 4.78 is 0. The van der Waals surface area contributed by atoms with Crippen molar-refractivity contribution < 1.29 is 14.4 Å². The van der Waals surface area contributed by atoms with Gasteiger partial charge in [0, 0.05) is 26.1 Å². The zero-order chi connectivity index (χ0) is 15.9. The van der Waals surface area contributed by atoms with Gasteiger partial charge in [-0.05, 0) is 38.5 Å². The van der Waals surface area contributed by atoms with Gasteiger partial charge in [-0.15, -0.1) is 0 Å². The first-order valence-corrected chi connectivity index (χ1v) is 8.39. The van der Waals surface area contributed by atoms with Gasteiger partial charge in [0.1, 0.15) is 0 Å². The molecular formula is C17H24N2O3. The summed E-state index contributed by atoms with van der Waals surface area (Å²) in [5, 5.41) is 0. The summed E-state index contributed by atoms with van der Waals surface area (Å²) in [5.41, 5.74) is 0. The van der Waals surface area contributed by atoms with Gasteiger partial charge >= 0.3 is 0 Å². The number of amides is 3. The van der Waals surface area contributed by atoms with E-state index in [1.165, 1.54) is 4.90 Å². The minimum Gasteiger partial charge on any atom is -0.343 e. The van der Waals surface area contributed by atoms with E-state index in [1.54, 1.807) is 4.90 Å². The van der Waals surface area contributed by atoms with Crippen molar-refractivity contribution in [1.29, 1.82) is 0 Å². The molecule has 120 valence electrons. The molecule has 4 atom stereocenters. The molecule has 0 aromatic rings. The van der Waals surface area contributed by atoms with Crippen LogP contribution in [0.1, 0.15) is 33.1 Å². The predicted molar refractivity (Wildman–Crippen MR) is 81.6 cm³/mol. The molecule has 1 heterocycles. The van der Waals surface area contributed by atoms with Crippen LogP contribution in [0.25, 0.3) is 0 Å². The van der Waals surface area contributed by atoms with Gasteiger partial charge < -0.3 is 4.90 Å². The Morgan fingerprint density at radius 1 is 1.09 bits per heavy atom. The summed E-state index contributed by atoms with van der Waals surface area (Å²) in [5.74, 6) is 0.00819. The number of carbonyl (C=O) groups is 3. The Hall–Kier alpha value is -1.65. The van der Waals surface area contributed by atoms with E-state index in [4.69, 9.17) is 0 Å². The first-order valence-electron chi connectivity index (χ1n) is 8.39. The van der Waals surface area contributed by atoms with Crippen molar-refractivity contribution in [1.82, 2.24) is 9.80 Å². The van der Waals surface area contributed by atoms with Crippen LogP contribution in [0.5, 0.6) is 0 Å². The Morgan fingerprint density at radius 3 is 2.00 bits per heavy atom. The van der Waals surface area contributed by atoms with E-state index < -0.39 is 0 Å². The summed E-state index contributed by atoms with van der Waals surface area (Å²) in [4.78, 5) is 40.4. The summed E-state index contributed by atoms with van der Waals surface area (Å²) in [6.07, 6.45) is 6.48. The molecule has 4 aliphatic rings. The predicted octanol–water partition coefficient (Wildman–Crippen LogP) is 1.44. The van der Waals surface area contributed by atoms with Crippen LogP contribution in [0.3, 0.4) is 0 Å². The number of hydrogen-bond acceptors (Lipinski definition) is 3. The number of carbonyl (C=O) groups excluding carboxylic acids is 3. The zero-order valence-corrected chi connectivity index (χ0v) is 13.3. The molecule has 1 saturated carbocycles. The third kappa shape index (κ3) is 2.27. The van der Waals surface area contributed by atoms with E-state index in [0.717, 1.165) is 12.8 Å². The Kier molecular flexibility index (Phi) is 4.06. The molecular weight excluding hydrogens is 280 g/mol. The number of nitrogens with zero attached hydrogens (tertiary/aromatic N) is 2. The lowest BCUT2D eigenvalue weighted by molar-refractivity contribution is -0.141. The minimum absolute atomic E-state index is 0.0153. The normalized spacial score (nSPS) is 32.5. The van der Waals surface area contributed by atoms with Crippen molar-refractivity contribution in [3.05, 3.63) is 12.2 Å². The Balaban J connectivity index is 1.68. The molecule has 2 bridgehead atoms. The lowest BCUT2D eigenvalue weighted by Crippen LogP contribution is -2.38. The van der Waals surface area contributed by atoms with E-state index in [1.807, 2.05) is 13.8 Å². The van der Waals surface area contributed by atoms with Crippen molar-refractivity contribution in [3.63, 3.8) is 0 Å². The van der Waals surface area contributed by atoms with E-state index in [9.17, 15) is 14.4 Å². The molecule has 5 heteroatoms. The van der Waals surface area contributed by atoms with Crippen LogP contribution < -0.4 is 0 Å². The molecule has 0 spiro atoms. The summed E-state index contributed by atoms with van der Waals surface area (Å²) in [6.45, 7) is 5.43. The highest BCUT2D eigenvalue weighted by atomic mass is 16.2. The molecule has 0 aromatic carbocycles. The Morgan fingerprint density at radius 2 is 1.59 bits per heavy atom. The minimum atomic E-state index is -0.167. The molecule has 1 aliphatic heterocycles. The van der Waals surface area contributed by atoms with Crippen LogP contribution in [0.15, 0.2) is 12.2 Å². The molecule has 22 heavy (non-hydrogen) atoms. The average molecular weight is 304 g/mol. The van der Waals surface area contributed by atoms with E-state index in [-0.39, 0.29) is 54.4 Å². The molecule has 3 amide bonds. The van der Waals surface area contributed by atoms with Crippen LogP contribution in [0.2, 0.25) is 0 Å². The number of fused-ring (bicyclic) bond motifs is 1. The topological polar surface area (TPSA) is 57.7 Å². The lowest BCUT2D eigenvalue weighted by atomic mass is 9.63. The molecule has 0 aromatic heterocycles. The van der Waals surface area contributed by atoms with Crippen LogP contribution in [-0.2, 0) is 14.4 Å². The SMILES string of the molecule is CCN(CC)C(=O)CCN1C(=O)C2C3C=CC(CC3)C2C1=O. The monoisotopic (exact) mass is 304 g/mol. The fourth-order valence-corrected chi connectivity index (χ4v) is 4.30. The number of imide groups is 1. The van der Waals surface area contributed by atoms with E-state index in [0.29, 0.717) is 13.1 Å². The first kappa shape index (κ1) is 15.3. The molecule has 2 fully saturated rings. The van der Waals surface area contributed by atoms with Gasteiger partial charge in [-0.2, -0.15) is 0 Å². The van der Waals surface area contributed by atoms with Gasteiger partial charge in [0.25, 0.3) is 0 Å². The van der Waals surface area contributed by atoms with Crippen molar-refractivity contribution in [2.24, 2.45) is 23.7 Å². The highest BCUT2D eigenvalue weighted by Gasteiger charge is 2.56. The third-order valence-corrected chi connectivity index (χ3v) is 5.52. The molecule has 5 nitrogen and oxygen atoms in total. The summed E-state index contributed by atoms with van der Waals surface area (Å²) in [7, 11) is 0. The Bertz CT molecular complexity index is 492. The van der Waals surface area contributed by atoms with Gasteiger partial charge in [0.2, 0.25) is 17.7 Å². The van der Waals surface area contributed by atoms with Crippen molar-refractivity contribution in [2.75, 3.05) is 19.6 Å². The van der Waals surface area contributed by atoms with Gasteiger partial charge in [0.05, 0.1) is 11.8 Å². The average Bonchev–Trinajstić information content (AvgIpc) is 2.81. The maximum Gasteiger partial charge on any atom is 0.233 e. The summed E-state index contributed by atoms with van der Waals surface area (Å²) >= 11 is 0. The molecule has 1 saturated heterocycles. The second kappa shape index (κ2) is 5.86. The van der Waals surface area contributed by atoms with Crippen molar-refractivity contribution >= 4 is 17.7 Å². The van der Waals surface area contributed by atoms with Gasteiger partial charge in [-0.25, -0.2) is 0 Å². The Labute approximate surface area is 131 Å². The summed E-state index contributed by atoms with van der Waals surface area (Å²) in [6, 6.07) is 0. The van der Waals surface area contributed by atoms with Gasteiger partial charge in [-0.3, -0.25) is 19.3 Å².